The SMILES string of the molecule is CCOc1ccc(NC(=O)COC(=O)CCN2C(=O)C(C)Oc3ccccc32)cc1OCC. The number of nitrogens with one attached hydrogen (secondary N) is 1. The first kappa shape index (κ1) is 23.9. The van der Waals surface area contributed by atoms with Gasteiger partial charge in [0.1, 0.15) is 5.75 Å². The van der Waals surface area contributed by atoms with E-state index in [0.717, 1.165) is 0 Å². The number of anilines is 2. The molecule has 0 aromatic heterocycles. The number of fused-ring (bicyclic) bond motifs is 1. The molecule has 0 saturated heterocycles. The molecule has 0 radical (unpaired) electrons. The minimum absolute atomic E-state index is 0.0579. The second kappa shape index (κ2) is 11.2. The summed E-state index contributed by atoms with van der Waals surface area (Å²) in [5, 5.41) is 2.66. The van der Waals surface area contributed by atoms with Crippen molar-refractivity contribution in [2.24, 2.45) is 0 Å². The van der Waals surface area contributed by atoms with Gasteiger partial charge in [0.05, 0.1) is 25.3 Å². The average molecular weight is 456 g/mol. The van der Waals surface area contributed by atoms with Gasteiger partial charge >= 0.3 is 5.97 Å². The fraction of sp³-hybridized carbons (Fsp3) is 0.375. The molecule has 3 rings (SSSR count). The van der Waals surface area contributed by atoms with Gasteiger partial charge < -0.3 is 29.2 Å². The van der Waals surface area contributed by atoms with Crippen LogP contribution < -0.4 is 24.4 Å². The number of carbonyl (C=O) groups excluding carboxylic acids is 3. The number of carbonyl (C=O) groups is 3. The van der Waals surface area contributed by atoms with E-state index in [4.69, 9.17) is 18.9 Å². The molecule has 2 amide bonds. The van der Waals surface area contributed by atoms with Crippen molar-refractivity contribution in [3.63, 3.8) is 0 Å². The first-order valence-corrected chi connectivity index (χ1v) is 10.8. The van der Waals surface area contributed by atoms with Crippen LogP contribution in [-0.2, 0) is 19.1 Å². The smallest absolute Gasteiger partial charge is 0.308 e. The van der Waals surface area contributed by atoms with Crippen molar-refractivity contribution in [2.45, 2.75) is 33.3 Å². The van der Waals surface area contributed by atoms with Gasteiger partial charge in [0.2, 0.25) is 0 Å². The molecule has 2 aromatic rings. The van der Waals surface area contributed by atoms with Gasteiger partial charge in [0.15, 0.2) is 24.2 Å². The van der Waals surface area contributed by atoms with E-state index in [2.05, 4.69) is 5.32 Å². The lowest BCUT2D eigenvalue weighted by molar-refractivity contribution is -0.147. The largest absolute Gasteiger partial charge is 0.490 e. The van der Waals surface area contributed by atoms with Gasteiger partial charge in [-0.1, -0.05) is 12.1 Å². The highest BCUT2D eigenvalue weighted by Gasteiger charge is 2.31. The number of hydrogen-bond acceptors (Lipinski definition) is 7. The monoisotopic (exact) mass is 456 g/mol. The summed E-state index contributed by atoms with van der Waals surface area (Å²) in [6.07, 6.45) is -0.699. The lowest BCUT2D eigenvalue weighted by Crippen LogP contribution is -2.45. The first-order chi connectivity index (χ1) is 15.9. The van der Waals surface area contributed by atoms with E-state index in [1.165, 1.54) is 4.90 Å². The molecule has 2 aromatic carbocycles. The number of para-hydroxylation sites is 2. The molecule has 1 heterocycles. The molecular weight excluding hydrogens is 428 g/mol. The van der Waals surface area contributed by atoms with E-state index in [9.17, 15) is 14.4 Å². The van der Waals surface area contributed by atoms with E-state index in [1.54, 1.807) is 43.3 Å². The van der Waals surface area contributed by atoms with E-state index in [-0.39, 0.29) is 18.9 Å². The standard InChI is InChI=1S/C24H28N2O7/c1-4-30-20-11-10-17(14-21(20)31-5-2)25-22(27)15-32-23(28)12-13-26-18-8-6-7-9-19(18)33-16(3)24(26)29/h6-11,14,16H,4-5,12-13,15H2,1-3H3,(H,25,27). The minimum Gasteiger partial charge on any atom is -0.490 e. The molecule has 9 heteroatoms. The molecule has 0 fully saturated rings. The van der Waals surface area contributed by atoms with Crippen LogP contribution in [0, 0.1) is 0 Å². The van der Waals surface area contributed by atoms with Gasteiger partial charge in [-0.15, -0.1) is 0 Å². The van der Waals surface area contributed by atoms with Crippen LogP contribution in [0.1, 0.15) is 27.2 Å². The number of hydrogen-bond donors (Lipinski definition) is 1. The maximum absolute atomic E-state index is 12.5. The number of nitrogens with zero attached hydrogens (tertiary/aromatic N) is 1. The number of esters is 1. The van der Waals surface area contributed by atoms with Gasteiger partial charge in [-0.3, -0.25) is 14.4 Å². The van der Waals surface area contributed by atoms with Crippen molar-refractivity contribution < 1.29 is 33.3 Å². The molecule has 0 bridgehead atoms. The third-order valence-electron chi connectivity index (χ3n) is 4.80. The van der Waals surface area contributed by atoms with E-state index in [0.29, 0.717) is 41.8 Å². The third kappa shape index (κ3) is 6.15. The Kier molecular flexibility index (Phi) is 8.12. The Morgan fingerprint density at radius 1 is 1.06 bits per heavy atom. The minimum atomic E-state index is -0.641. The zero-order valence-corrected chi connectivity index (χ0v) is 19.0. The van der Waals surface area contributed by atoms with Crippen molar-refractivity contribution in [3.05, 3.63) is 42.5 Å². The number of rotatable bonds is 10. The van der Waals surface area contributed by atoms with Crippen LogP contribution in [0.5, 0.6) is 17.2 Å². The Morgan fingerprint density at radius 3 is 2.55 bits per heavy atom. The fourth-order valence-electron chi connectivity index (χ4n) is 3.34. The van der Waals surface area contributed by atoms with Gasteiger partial charge in [0, 0.05) is 18.3 Å². The van der Waals surface area contributed by atoms with E-state index in [1.807, 2.05) is 19.9 Å². The molecular formula is C24H28N2O7. The average Bonchev–Trinajstić information content (AvgIpc) is 2.80. The Balaban J connectivity index is 1.51. The topological polar surface area (TPSA) is 103 Å². The zero-order valence-electron chi connectivity index (χ0n) is 19.0. The van der Waals surface area contributed by atoms with Crippen molar-refractivity contribution in [1.29, 1.82) is 0 Å². The summed E-state index contributed by atoms with van der Waals surface area (Å²) in [5.41, 5.74) is 1.10. The molecule has 33 heavy (non-hydrogen) atoms. The number of amides is 2. The van der Waals surface area contributed by atoms with Crippen LogP contribution in [0.2, 0.25) is 0 Å². The zero-order chi connectivity index (χ0) is 23.8. The summed E-state index contributed by atoms with van der Waals surface area (Å²) in [5.74, 6) is 0.364. The quantitative estimate of drug-likeness (QED) is 0.548. The van der Waals surface area contributed by atoms with Crippen LogP contribution in [0.15, 0.2) is 42.5 Å². The van der Waals surface area contributed by atoms with Gasteiger partial charge in [-0.05, 0) is 45.0 Å². The van der Waals surface area contributed by atoms with Gasteiger partial charge in [-0.25, -0.2) is 0 Å². The molecule has 0 saturated carbocycles. The van der Waals surface area contributed by atoms with Crippen molar-refractivity contribution in [2.75, 3.05) is 36.6 Å². The Labute approximate surface area is 192 Å². The van der Waals surface area contributed by atoms with Gasteiger partial charge in [-0.2, -0.15) is 0 Å². The maximum Gasteiger partial charge on any atom is 0.308 e. The Bertz CT molecular complexity index is 1010. The highest BCUT2D eigenvalue weighted by atomic mass is 16.5. The van der Waals surface area contributed by atoms with Crippen molar-refractivity contribution >= 4 is 29.2 Å². The van der Waals surface area contributed by atoms with Crippen molar-refractivity contribution in [1.82, 2.24) is 0 Å². The summed E-state index contributed by atoms with van der Waals surface area (Å²) in [4.78, 5) is 38.4. The Morgan fingerprint density at radius 2 is 1.79 bits per heavy atom. The first-order valence-electron chi connectivity index (χ1n) is 10.8. The molecule has 1 atom stereocenters. The fourth-order valence-corrected chi connectivity index (χ4v) is 3.34. The second-order valence-electron chi connectivity index (χ2n) is 7.20. The predicted molar refractivity (Wildman–Crippen MR) is 122 cm³/mol. The summed E-state index contributed by atoms with van der Waals surface area (Å²) in [7, 11) is 0. The van der Waals surface area contributed by atoms with Crippen LogP contribution in [-0.4, -0.2) is 50.3 Å². The number of ether oxygens (including phenoxy) is 4. The summed E-state index contributed by atoms with van der Waals surface area (Å²) >= 11 is 0. The highest BCUT2D eigenvalue weighted by molar-refractivity contribution is 6.00. The highest BCUT2D eigenvalue weighted by Crippen LogP contribution is 2.33. The molecule has 1 unspecified atom stereocenters. The predicted octanol–water partition coefficient (Wildman–Crippen LogP) is 3.17. The molecule has 1 aliphatic rings. The summed E-state index contributed by atoms with van der Waals surface area (Å²) in [6, 6.07) is 12.2. The molecule has 1 N–H and O–H groups in total. The van der Waals surface area contributed by atoms with Crippen LogP contribution in [0.25, 0.3) is 0 Å². The molecule has 176 valence electrons. The van der Waals surface area contributed by atoms with Gasteiger partial charge in [0.25, 0.3) is 11.8 Å². The van der Waals surface area contributed by atoms with E-state index < -0.39 is 24.6 Å². The van der Waals surface area contributed by atoms with Crippen LogP contribution in [0.4, 0.5) is 11.4 Å². The third-order valence-corrected chi connectivity index (χ3v) is 4.80. The summed E-state index contributed by atoms with van der Waals surface area (Å²) < 4.78 is 21.7. The lowest BCUT2D eigenvalue weighted by Gasteiger charge is -2.32. The maximum atomic E-state index is 12.5. The summed E-state index contributed by atoms with van der Waals surface area (Å²) in [6.45, 7) is 6.00. The van der Waals surface area contributed by atoms with E-state index >= 15 is 0 Å². The Hall–Kier alpha value is -3.75. The molecule has 0 spiro atoms. The lowest BCUT2D eigenvalue weighted by atomic mass is 10.2. The molecule has 9 nitrogen and oxygen atoms in total. The van der Waals surface area contributed by atoms with Crippen LogP contribution in [0.3, 0.4) is 0 Å². The molecule has 0 aliphatic carbocycles. The second-order valence-corrected chi connectivity index (χ2v) is 7.20. The molecule has 1 aliphatic heterocycles. The van der Waals surface area contributed by atoms with Crippen LogP contribution >= 0.6 is 0 Å². The number of benzene rings is 2. The van der Waals surface area contributed by atoms with Crippen molar-refractivity contribution in [3.8, 4) is 17.2 Å². The normalized spacial score (nSPS) is 14.7.